The molecule has 0 saturated heterocycles. The van der Waals surface area contributed by atoms with Crippen LogP contribution in [0.2, 0.25) is 0 Å². The van der Waals surface area contributed by atoms with Crippen molar-refractivity contribution in [1.82, 2.24) is 19.9 Å². The molecule has 0 unspecified atom stereocenters. The van der Waals surface area contributed by atoms with E-state index in [9.17, 15) is 0 Å². The topological polar surface area (TPSA) is 60.0 Å². The van der Waals surface area contributed by atoms with Gasteiger partial charge >= 0.3 is 0 Å². The molecule has 0 spiro atoms. The number of hydrogen-bond donors (Lipinski definition) is 1. The third kappa shape index (κ3) is 3.78. The Morgan fingerprint density at radius 1 is 1.53 bits per heavy atom. The van der Waals surface area contributed by atoms with E-state index < -0.39 is 0 Å². The smallest absolute Gasteiger partial charge is 0.0967 e. The van der Waals surface area contributed by atoms with E-state index in [2.05, 4.69) is 22.1 Å². The van der Waals surface area contributed by atoms with Crippen molar-refractivity contribution >= 4 is 0 Å². The van der Waals surface area contributed by atoms with Gasteiger partial charge in [0.2, 0.25) is 0 Å². The Morgan fingerprint density at radius 3 is 3.00 bits per heavy atom. The highest BCUT2D eigenvalue weighted by Gasteiger charge is 2.28. The SMILES string of the molecule is CCCCN(Cc1cn(CCN)nn1)C1CC1. The Labute approximate surface area is 103 Å². The zero-order chi connectivity index (χ0) is 12.1. The van der Waals surface area contributed by atoms with Crippen LogP contribution in [0, 0.1) is 0 Å². The number of aromatic nitrogens is 3. The predicted molar refractivity (Wildman–Crippen MR) is 67.4 cm³/mol. The van der Waals surface area contributed by atoms with Crippen LogP contribution in [0.1, 0.15) is 38.3 Å². The van der Waals surface area contributed by atoms with Crippen molar-refractivity contribution in [3.05, 3.63) is 11.9 Å². The summed E-state index contributed by atoms with van der Waals surface area (Å²) in [6.45, 7) is 5.74. The van der Waals surface area contributed by atoms with Gasteiger partial charge < -0.3 is 5.73 Å². The number of nitrogens with zero attached hydrogens (tertiary/aromatic N) is 4. The van der Waals surface area contributed by atoms with Crippen molar-refractivity contribution < 1.29 is 0 Å². The van der Waals surface area contributed by atoms with Crippen molar-refractivity contribution in [2.24, 2.45) is 5.73 Å². The average molecular weight is 237 g/mol. The molecule has 17 heavy (non-hydrogen) atoms. The maximum absolute atomic E-state index is 5.50. The molecular weight excluding hydrogens is 214 g/mol. The van der Waals surface area contributed by atoms with Gasteiger partial charge in [-0.2, -0.15) is 0 Å². The number of rotatable bonds is 8. The van der Waals surface area contributed by atoms with Gasteiger partial charge in [0, 0.05) is 25.3 Å². The highest BCUT2D eigenvalue weighted by atomic mass is 15.4. The van der Waals surface area contributed by atoms with Gasteiger partial charge in [0.15, 0.2) is 0 Å². The van der Waals surface area contributed by atoms with Crippen LogP contribution < -0.4 is 5.73 Å². The molecule has 1 aromatic heterocycles. The van der Waals surface area contributed by atoms with E-state index in [0.29, 0.717) is 6.54 Å². The van der Waals surface area contributed by atoms with Crippen LogP contribution in [-0.4, -0.2) is 39.0 Å². The molecule has 1 saturated carbocycles. The van der Waals surface area contributed by atoms with Crippen LogP contribution in [0.4, 0.5) is 0 Å². The molecule has 5 nitrogen and oxygen atoms in total. The molecule has 0 radical (unpaired) electrons. The quantitative estimate of drug-likeness (QED) is 0.733. The highest BCUT2D eigenvalue weighted by molar-refractivity contribution is 4.95. The lowest BCUT2D eigenvalue weighted by Crippen LogP contribution is -2.26. The molecule has 2 rings (SSSR count). The molecular formula is C12H23N5. The second-order valence-electron chi connectivity index (χ2n) is 4.82. The molecule has 5 heteroatoms. The molecule has 0 aromatic carbocycles. The van der Waals surface area contributed by atoms with E-state index in [-0.39, 0.29) is 0 Å². The minimum absolute atomic E-state index is 0.616. The van der Waals surface area contributed by atoms with Gasteiger partial charge in [0.25, 0.3) is 0 Å². The first-order valence-corrected chi connectivity index (χ1v) is 6.66. The summed E-state index contributed by atoms with van der Waals surface area (Å²) < 4.78 is 1.83. The molecule has 1 fully saturated rings. The minimum Gasteiger partial charge on any atom is -0.329 e. The lowest BCUT2D eigenvalue weighted by atomic mass is 10.3. The first kappa shape index (κ1) is 12.5. The Bertz CT molecular complexity index is 331. The summed E-state index contributed by atoms with van der Waals surface area (Å²) >= 11 is 0. The van der Waals surface area contributed by atoms with Crippen LogP contribution in [0.5, 0.6) is 0 Å². The summed E-state index contributed by atoms with van der Waals surface area (Å²) in [6, 6.07) is 0.793. The van der Waals surface area contributed by atoms with Gasteiger partial charge in [-0.1, -0.05) is 18.6 Å². The number of hydrogen-bond acceptors (Lipinski definition) is 4. The lowest BCUT2D eigenvalue weighted by Gasteiger charge is -2.19. The van der Waals surface area contributed by atoms with Gasteiger partial charge in [-0.3, -0.25) is 9.58 Å². The van der Waals surface area contributed by atoms with Gasteiger partial charge in [0.1, 0.15) is 0 Å². The second kappa shape index (κ2) is 6.12. The van der Waals surface area contributed by atoms with E-state index in [1.165, 1.54) is 32.2 Å². The first-order valence-electron chi connectivity index (χ1n) is 6.66. The van der Waals surface area contributed by atoms with E-state index in [4.69, 9.17) is 5.73 Å². The zero-order valence-corrected chi connectivity index (χ0v) is 10.7. The van der Waals surface area contributed by atoms with Crippen molar-refractivity contribution in [2.45, 2.75) is 51.7 Å². The highest BCUT2D eigenvalue weighted by Crippen LogP contribution is 2.28. The van der Waals surface area contributed by atoms with Gasteiger partial charge in [0.05, 0.1) is 12.2 Å². The summed E-state index contributed by atoms with van der Waals surface area (Å²) in [5.74, 6) is 0. The van der Waals surface area contributed by atoms with Crippen LogP contribution in [0.3, 0.4) is 0 Å². The standard InChI is InChI=1S/C12H23N5/c1-2-3-7-16(12-4-5-12)9-11-10-17(8-6-13)15-14-11/h10,12H,2-9,13H2,1H3. The average Bonchev–Trinajstić information content (AvgIpc) is 3.08. The van der Waals surface area contributed by atoms with Crippen LogP contribution in [0.25, 0.3) is 0 Å². The number of nitrogens with two attached hydrogens (primary N) is 1. The molecule has 1 aromatic rings. The third-order valence-electron chi connectivity index (χ3n) is 3.17. The van der Waals surface area contributed by atoms with Crippen LogP contribution in [0.15, 0.2) is 6.20 Å². The Kier molecular flexibility index (Phi) is 4.50. The van der Waals surface area contributed by atoms with Gasteiger partial charge in [-0.25, -0.2) is 0 Å². The molecule has 1 aliphatic rings. The summed E-state index contributed by atoms with van der Waals surface area (Å²) in [4.78, 5) is 2.54. The Hall–Kier alpha value is -0.940. The second-order valence-corrected chi connectivity index (χ2v) is 4.82. The van der Waals surface area contributed by atoms with Crippen molar-refractivity contribution in [3.63, 3.8) is 0 Å². The fourth-order valence-electron chi connectivity index (χ4n) is 2.05. The fourth-order valence-corrected chi connectivity index (χ4v) is 2.05. The molecule has 0 aliphatic heterocycles. The maximum atomic E-state index is 5.50. The van der Waals surface area contributed by atoms with E-state index in [0.717, 1.165) is 24.8 Å². The monoisotopic (exact) mass is 237 g/mol. The predicted octanol–water partition coefficient (Wildman–Crippen LogP) is 1.00. The normalized spacial score (nSPS) is 15.7. The molecule has 96 valence electrons. The van der Waals surface area contributed by atoms with E-state index in [1.54, 1.807) is 0 Å². The summed E-state index contributed by atoms with van der Waals surface area (Å²) in [5.41, 5.74) is 6.57. The molecule has 0 atom stereocenters. The maximum Gasteiger partial charge on any atom is 0.0967 e. The molecule has 1 heterocycles. The first-order chi connectivity index (χ1) is 8.33. The lowest BCUT2D eigenvalue weighted by molar-refractivity contribution is 0.247. The van der Waals surface area contributed by atoms with Crippen LogP contribution in [-0.2, 0) is 13.1 Å². The third-order valence-corrected chi connectivity index (χ3v) is 3.17. The van der Waals surface area contributed by atoms with Crippen molar-refractivity contribution in [2.75, 3.05) is 13.1 Å². The fraction of sp³-hybridized carbons (Fsp3) is 0.833. The largest absolute Gasteiger partial charge is 0.329 e. The van der Waals surface area contributed by atoms with E-state index in [1.807, 2.05) is 10.9 Å². The summed E-state index contributed by atoms with van der Waals surface area (Å²) in [5, 5.41) is 8.29. The molecule has 0 amide bonds. The summed E-state index contributed by atoms with van der Waals surface area (Å²) in [6.07, 6.45) is 7.24. The molecule has 1 aliphatic carbocycles. The minimum atomic E-state index is 0.616. The van der Waals surface area contributed by atoms with Crippen molar-refractivity contribution in [3.8, 4) is 0 Å². The Balaban J connectivity index is 1.87. The number of unbranched alkanes of at least 4 members (excludes halogenated alkanes) is 1. The zero-order valence-electron chi connectivity index (χ0n) is 10.7. The van der Waals surface area contributed by atoms with E-state index >= 15 is 0 Å². The van der Waals surface area contributed by atoms with Crippen LogP contribution >= 0.6 is 0 Å². The van der Waals surface area contributed by atoms with Crippen molar-refractivity contribution in [1.29, 1.82) is 0 Å². The summed E-state index contributed by atoms with van der Waals surface area (Å²) in [7, 11) is 0. The Morgan fingerprint density at radius 2 is 2.35 bits per heavy atom. The molecule has 2 N–H and O–H groups in total. The van der Waals surface area contributed by atoms with Gasteiger partial charge in [-0.05, 0) is 25.8 Å². The van der Waals surface area contributed by atoms with Gasteiger partial charge in [-0.15, -0.1) is 5.10 Å². The molecule has 0 bridgehead atoms.